The normalized spacial score (nSPS) is 38.2. The third kappa shape index (κ3) is 2.45. The third-order valence-electron chi connectivity index (χ3n) is 6.60. The van der Waals surface area contributed by atoms with Gasteiger partial charge in [-0.15, -0.1) is 0 Å². The van der Waals surface area contributed by atoms with E-state index in [-0.39, 0.29) is 23.4 Å². The molecule has 3 aliphatic rings. The number of carbonyl (C=O) groups is 1. The van der Waals surface area contributed by atoms with Gasteiger partial charge in [0.15, 0.2) is 0 Å². The number of aliphatic hydroxyl groups is 2. The summed E-state index contributed by atoms with van der Waals surface area (Å²) >= 11 is 0. The van der Waals surface area contributed by atoms with Crippen molar-refractivity contribution in [2.24, 2.45) is 16.7 Å². The van der Waals surface area contributed by atoms with Gasteiger partial charge in [-0.25, -0.2) is 0 Å². The van der Waals surface area contributed by atoms with Gasteiger partial charge in [0.05, 0.1) is 6.10 Å². The first-order valence-electron chi connectivity index (χ1n) is 8.75. The second-order valence-electron chi connectivity index (χ2n) is 8.12. The Kier molecular flexibility index (Phi) is 4.14. The number of allylic oxidation sites excluding steroid dienone is 3. The molecule has 3 heteroatoms. The molecule has 4 atom stereocenters. The Morgan fingerprint density at radius 1 is 1.30 bits per heavy atom. The summed E-state index contributed by atoms with van der Waals surface area (Å²) < 4.78 is 0. The lowest BCUT2D eigenvalue weighted by atomic mass is 9.57. The average molecular weight is 316 g/mol. The van der Waals surface area contributed by atoms with Gasteiger partial charge in [-0.05, 0) is 47.8 Å². The van der Waals surface area contributed by atoms with Gasteiger partial charge in [0, 0.05) is 24.4 Å². The Labute approximate surface area is 138 Å². The van der Waals surface area contributed by atoms with E-state index in [1.165, 1.54) is 16.7 Å². The van der Waals surface area contributed by atoms with Crippen LogP contribution in [-0.4, -0.2) is 29.2 Å². The highest BCUT2D eigenvalue weighted by atomic mass is 16.3. The Morgan fingerprint density at radius 2 is 2.04 bits per heavy atom. The van der Waals surface area contributed by atoms with Crippen molar-refractivity contribution in [1.29, 1.82) is 0 Å². The van der Waals surface area contributed by atoms with Gasteiger partial charge < -0.3 is 10.2 Å². The number of fused-ring (bicyclic) bond motifs is 3. The van der Waals surface area contributed by atoms with Crippen LogP contribution in [0.3, 0.4) is 0 Å². The number of rotatable bonds is 3. The van der Waals surface area contributed by atoms with Crippen molar-refractivity contribution < 1.29 is 15.0 Å². The molecule has 1 saturated carbocycles. The predicted octanol–water partition coefficient (Wildman–Crippen LogP) is 3.33. The summed E-state index contributed by atoms with van der Waals surface area (Å²) in [7, 11) is 0. The van der Waals surface area contributed by atoms with Crippen LogP contribution in [0.1, 0.15) is 52.9 Å². The summed E-state index contributed by atoms with van der Waals surface area (Å²) in [6, 6.07) is 0. The van der Waals surface area contributed by atoms with E-state index >= 15 is 0 Å². The minimum Gasteiger partial charge on any atom is -0.396 e. The van der Waals surface area contributed by atoms with Crippen molar-refractivity contribution in [3.8, 4) is 0 Å². The first kappa shape index (κ1) is 16.7. The van der Waals surface area contributed by atoms with E-state index in [9.17, 15) is 15.0 Å². The van der Waals surface area contributed by atoms with Gasteiger partial charge in [0.1, 0.15) is 6.29 Å². The van der Waals surface area contributed by atoms with Gasteiger partial charge >= 0.3 is 0 Å². The lowest BCUT2D eigenvalue weighted by molar-refractivity contribution is -0.105. The van der Waals surface area contributed by atoms with Crippen LogP contribution in [0.2, 0.25) is 0 Å². The molecule has 0 spiro atoms. The molecule has 3 rings (SSSR count). The number of carbonyl (C=O) groups excluding carboxylic acids is 1. The zero-order valence-electron chi connectivity index (χ0n) is 14.4. The van der Waals surface area contributed by atoms with Gasteiger partial charge in [0.25, 0.3) is 0 Å². The summed E-state index contributed by atoms with van der Waals surface area (Å²) in [5.74, 6) is 0.157. The fraction of sp³-hybridized carbons (Fsp3) is 0.650. The van der Waals surface area contributed by atoms with Crippen molar-refractivity contribution in [3.05, 3.63) is 34.4 Å². The highest BCUT2D eigenvalue weighted by Gasteiger charge is 2.51. The predicted molar refractivity (Wildman–Crippen MR) is 90.8 cm³/mol. The van der Waals surface area contributed by atoms with Gasteiger partial charge in [-0.1, -0.05) is 38.5 Å². The molecule has 0 radical (unpaired) electrons. The topological polar surface area (TPSA) is 57.5 Å². The molecule has 0 bridgehead atoms. The van der Waals surface area contributed by atoms with E-state index in [4.69, 9.17) is 0 Å². The van der Waals surface area contributed by atoms with Crippen molar-refractivity contribution in [3.63, 3.8) is 0 Å². The first-order valence-corrected chi connectivity index (χ1v) is 8.75. The van der Waals surface area contributed by atoms with E-state index in [0.29, 0.717) is 12.0 Å². The smallest absolute Gasteiger partial charge is 0.146 e. The number of aldehydes is 1. The molecule has 0 heterocycles. The number of hydrogen-bond acceptors (Lipinski definition) is 3. The second-order valence-corrected chi connectivity index (χ2v) is 8.12. The SMILES string of the molecule is CC(CO)C1=C2C3=CC=C(C=O)C[C@H](O)[C@]3(C)CC[C@@]2(C)CC1. The van der Waals surface area contributed by atoms with Crippen molar-refractivity contribution >= 4 is 6.29 Å². The summed E-state index contributed by atoms with van der Waals surface area (Å²) in [6.45, 7) is 6.70. The highest BCUT2D eigenvalue weighted by Crippen LogP contribution is 2.61. The molecule has 0 aromatic heterocycles. The van der Waals surface area contributed by atoms with Crippen LogP contribution in [0, 0.1) is 16.7 Å². The fourth-order valence-electron chi connectivity index (χ4n) is 4.77. The Balaban J connectivity index is 2.18. The number of aliphatic hydroxyl groups excluding tert-OH is 2. The molecule has 23 heavy (non-hydrogen) atoms. The van der Waals surface area contributed by atoms with Crippen LogP contribution < -0.4 is 0 Å². The molecule has 0 aliphatic heterocycles. The second kappa shape index (κ2) is 5.71. The molecule has 1 unspecified atom stereocenters. The van der Waals surface area contributed by atoms with Crippen LogP contribution in [-0.2, 0) is 4.79 Å². The van der Waals surface area contributed by atoms with E-state index < -0.39 is 6.10 Å². The molecule has 0 amide bonds. The Bertz CT molecular complexity index is 612. The maximum absolute atomic E-state index is 11.2. The average Bonchev–Trinajstić information content (AvgIpc) is 2.83. The lowest BCUT2D eigenvalue weighted by Crippen LogP contribution is -2.41. The van der Waals surface area contributed by atoms with Crippen LogP contribution in [0.4, 0.5) is 0 Å². The molecule has 0 aromatic carbocycles. The number of hydrogen-bond donors (Lipinski definition) is 2. The molecule has 2 N–H and O–H groups in total. The zero-order chi connectivity index (χ0) is 16.8. The molecule has 126 valence electrons. The molecular weight excluding hydrogens is 288 g/mol. The quantitative estimate of drug-likeness (QED) is 0.785. The van der Waals surface area contributed by atoms with Gasteiger partial charge in [-0.2, -0.15) is 0 Å². The molecule has 3 nitrogen and oxygen atoms in total. The molecular formula is C20H28O3. The summed E-state index contributed by atoms with van der Waals surface area (Å²) in [6.07, 6.45) is 8.87. The monoisotopic (exact) mass is 316 g/mol. The van der Waals surface area contributed by atoms with E-state index in [1.54, 1.807) is 0 Å². The molecule has 1 fully saturated rings. The van der Waals surface area contributed by atoms with Crippen LogP contribution in [0.25, 0.3) is 0 Å². The standard InChI is InChI=1S/C20H28O3/c1-13(11-21)15-6-7-19(2)8-9-20(3)16(18(15)19)5-4-14(12-22)10-17(20)23/h4-5,12-13,17,21,23H,6-11H2,1-3H3/t13?,17-,19+,20+/m0/s1. The third-order valence-corrected chi connectivity index (χ3v) is 6.60. The van der Waals surface area contributed by atoms with Crippen molar-refractivity contribution in [2.75, 3.05) is 6.61 Å². The Hall–Kier alpha value is -1.19. The first-order chi connectivity index (χ1) is 10.9. The fourth-order valence-corrected chi connectivity index (χ4v) is 4.77. The van der Waals surface area contributed by atoms with E-state index in [2.05, 4.69) is 26.8 Å². The van der Waals surface area contributed by atoms with Crippen molar-refractivity contribution in [1.82, 2.24) is 0 Å². The lowest BCUT2D eigenvalue weighted by Gasteiger charge is -2.48. The minimum atomic E-state index is -0.531. The van der Waals surface area contributed by atoms with Crippen LogP contribution in [0.5, 0.6) is 0 Å². The highest BCUT2D eigenvalue weighted by molar-refractivity contribution is 5.74. The summed E-state index contributed by atoms with van der Waals surface area (Å²) in [4.78, 5) is 11.2. The largest absolute Gasteiger partial charge is 0.396 e. The van der Waals surface area contributed by atoms with E-state index in [1.807, 2.05) is 6.08 Å². The molecule has 0 saturated heterocycles. The summed E-state index contributed by atoms with van der Waals surface area (Å²) in [5, 5.41) is 20.5. The van der Waals surface area contributed by atoms with Crippen LogP contribution in [0.15, 0.2) is 34.4 Å². The minimum absolute atomic E-state index is 0.142. The Morgan fingerprint density at radius 3 is 2.70 bits per heavy atom. The van der Waals surface area contributed by atoms with E-state index in [0.717, 1.165) is 32.0 Å². The maximum atomic E-state index is 11.2. The van der Waals surface area contributed by atoms with Crippen LogP contribution >= 0.6 is 0 Å². The molecule has 3 aliphatic carbocycles. The van der Waals surface area contributed by atoms with Gasteiger partial charge in [0.2, 0.25) is 0 Å². The van der Waals surface area contributed by atoms with Gasteiger partial charge in [-0.3, -0.25) is 4.79 Å². The maximum Gasteiger partial charge on any atom is 0.146 e. The van der Waals surface area contributed by atoms with Crippen molar-refractivity contribution in [2.45, 2.75) is 59.0 Å². The summed E-state index contributed by atoms with van der Waals surface area (Å²) in [5.41, 5.74) is 4.41. The molecule has 0 aromatic rings. The zero-order valence-corrected chi connectivity index (χ0v) is 14.4.